The largest absolute Gasteiger partial charge is 0.333 e. The van der Waals surface area contributed by atoms with Crippen molar-refractivity contribution in [2.45, 2.75) is 51.6 Å². The zero-order valence-electron chi connectivity index (χ0n) is 16.1. The van der Waals surface area contributed by atoms with Gasteiger partial charge in [0.2, 0.25) is 5.91 Å². The van der Waals surface area contributed by atoms with E-state index in [9.17, 15) is 18.0 Å². The number of nitrogens with one attached hydrogen (secondary N) is 1. The van der Waals surface area contributed by atoms with Gasteiger partial charge in [-0.1, -0.05) is 6.92 Å². The van der Waals surface area contributed by atoms with E-state index in [2.05, 4.69) is 9.97 Å². The van der Waals surface area contributed by atoms with Crippen molar-refractivity contribution in [2.75, 3.05) is 27.2 Å². The highest BCUT2D eigenvalue weighted by atomic mass is 32.2. The van der Waals surface area contributed by atoms with Crippen LogP contribution in [0.4, 0.5) is 0 Å². The van der Waals surface area contributed by atoms with Crippen LogP contribution >= 0.6 is 0 Å². The second kappa shape index (κ2) is 7.69. The molecule has 1 atom stereocenters. The van der Waals surface area contributed by atoms with Crippen LogP contribution in [0.2, 0.25) is 0 Å². The number of carbonyl (C=O) groups is 1. The van der Waals surface area contributed by atoms with Gasteiger partial charge in [-0.05, 0) is 25.7 Å². The molecule has 9 nitrogen and oxygen atoms in total. The number of likely N-dealkylation sites (tertiary alicyclic amines) is 1. The maximum absolute atomic E-state index is 12.6. The smallest absolute Gasteiger partial charge is 0.281 e. The minimum atomic E-state index is -3.57. The number of hydrogen-bond acceptors (Lipinski definition) is 5. The Hall–Kier alpha value is -1.78. The van der Waals surface area contributed by atoms with E-state index in [1.54, 1.807) is 4.90 Å². The van der Waals surface area contributed by atoms with Crippen LogP contribution in [-0.4, -0.2) is 65.0 Å². The van der Waals surface area contributed by atoms with Crippen LogP contribution in [0.15, 0.2) is 4.79 Å². The summed E-state index contributed by atoms with van der Waals surface area (Å²) in [7, 11) is -0.602. The zero-order valence-corrected chi connectivity index (χ0v) is 16.9. The van der Waals surface area contributed by atoms with Crippen molar-refractivity contribution in [1.29, 1.82) is 0 Å². The molecule has 0 aromatic carbocycles. The molecular formula is C17H27N5O4S. The predicted molar refractivity (Wildman–Crippen MR) is 100 cm³/mol. The van der Waals surface area contributed by atoms with E-state index < -0.39 is 10.2 Å². The lowest BCUT2D eigenvalue weighted by atomic mass is 10.1. The van der Waals surface area contributed by atoms with Gasteiger partial charge >= 0.3 is 0 Å². The Morgan fingerprint density at radius 1 is 1.33 bits per heavy atom. The number of nitrogens with zero attached hydrogens (tertiary/aromatic N) is 4. The topological polar surface area (TPSA) is 107 Å². The molecule has 0 bridgehead atoms. The highest BCUT2D eigenvalue weighted by Gasteiger charge is 2.34. The lowest BCUT2D eigenvalue weighted by Crippen LogP contribution is -2.44. The minimum absolute atomic E-state index is 0.0668. The number of hydrogen-bond donors (Lipinski definition) is 1. The molecular weight excluding hydrogens is 370 g/mol. The van der Waals surface area contributed by atoms with Crippen molar-refractivity contribution in [3.8, 4) is 0 Å². The van der Waals surface area contributed by atoms with Crippen molar-refractivity contribution in [3.63, 3.8) is 0 Å². The number of fused-ring (bicyclic) bond motifs is 1. The van der Waals surface area contributed by atoms with E-state index in [0.29, 0.717) is 36.5 Å². The molecule has 1 fully saturated rings. The fourth-order valence-corrected chi connectivity index (χ4v) is 4.80. The molecule has 27 heavy (non-hydrogen) atoms. The summed E-state index contributed by atoms with van der Waals surface area (Å²) in [5.41, 5.74) is 0.792. The molecule has 150 valence electrons. The van der Waals surface area contributed by atoms with E-state index in [-0.39, 0.29) is 30.6 Å². The molecule has 2 aliphatic rings. The fourth-order valence-electron chi connectivity index (χ4n) is 3.73. The molecule has 3 heterocycles. The Kier molecular flexibility index (Phi) is 5.68. The Bertz CT molecular complexity index is 880. The SMILES string of the molecule is CCCC(=O)N1CCCC1c1nc2c(c(=O)[nH]1)CCN(S(=O)(=O)N(C)C)C2. The van der Waals surface area contributed by atoms with Crippen molar-refractivity contribution >= 4 is 16.1 Å². The quantitative estimate of drug-likeness (QED) is 0.774. The molecule has 1 saturated heterocycles. The van der Waals surface area contributed by atoms with E-state index in [1.807, 2.05) is 6.92 Å². The molecule has 3 rings (SSSR count). The van der Waals surface area contributed by atoms with Gasteiger partial charge in [-0.15, -0.1) is 0 Å². The molecule has 1 amide bonds. The van der Waals surface area contributed by atoms with Gasteiger partial charge in [0.1, 0.15) is 5.82 Å². The second-order valence-corrected chi connectivity index (χ2v) is 9.39. The van der Waals surface area contributed by atoms with Crippen LogP contribution < -0.4 is 5.56 Å². The van der Waals surface area contributed by atoms with E-state index >= 15 is 0 Å². The molecule has 10 heteroatoms. The van der Waals surface area contributed by atoms with Crippen molar-refractivity contribution in [1.82, 2.24) is 23.5 Å². The average molecular weight is 398 g/mol. The van der Waals surface area contributed by atoms with Gasteiger partial charge in [-0.25, -0.2) is 4.98 Å². The molecule has 1 aromatic rings. The van der Waals surface area contributed by atoms with Gasteiger partial charge in [0.25, 0.3) is 15.8 Å². The molecule has 1 N–H and O–H groups in total. The summed E-state index contributed by atoms with van der Waals surface area (Å²) in [5.74, 6) is 0.530. The number of carbonyl (C=O) groups excluding carboxylic acids is 1. The maximum atomic E-state index is 12.6. The number of H-pyrrole nitrogens is 1. The van der Waals surface area contributed by atoms with Crippen LogP contribution in [0.5, 0.6) is 0 Å². The average Bonchev–Trinajstić information content (AvgIpc) is 3.11. The monoisotopic (exact) mass is 397 g/mol. The predicted octanol–water partition coefficient (Wildman–Crippen LogP) is 0.398. The Morgan fingerprint density at radius 2 is 2.07 bits per heavy atom. The third-order valence-corrected chi connectivity index (χ3v) is 7.08. The first-order valence-electron chi connectivity index (χ1n) is 9.34. The number of aromatic amines is 1. The van der Waals surface area contributed by atoms with Crippen LogP contribution in [0, 0.1) is 0 Å². The van der Waals surface area contributed by atoms with Gasteiger partial charge in [0.05, 0.1) is 18.3 Å². The summed E-state index contributed by atoms with van der Waals surface area (Å²) in [6.45, 7) is 2.94. The lowest BCUT2D eigenvalue weighted by Gasteiger charge is -2.30. The number of rotatable bonds is 5. The standard InChI is InChI=1S/C17H27N5O4S/c1-4-6-15(23)22-9-5-7-14(22)16-18-13-11-21(27(25,26)20(2)3)10-8-12(13)17(24)19-16/h14H,4-11H2,1-3H3,(H,18,19,24). The van der Waals surface area contributed by atoms with Crippen LogP contribution in [-0.2, 0) is 28.0 Å². The lowest BCUT2D eigenvalue weighted by molar-refractivity contribution is -0.132. The molecule has 0 saturated carbocycles. The molecule has 1 aromatic heterocycles. The van der Waals surface area contributed by atoms with Crippen molar-refractivity contribution in [3.05, 3.63) is 27.4 Å². The summed E-state index contributed by atoms with van der Waals surface area (Å²) in [6, 6.07) is -0.247. The van der Waals surface area contributed by atoms with Crippen molar-refractivity contribution in [2.24, 2.45) is 0 Å². The van der Waals surface area contributed by atoms with Gasteiger partial charge in [-0.3, -0.25) is 9.59 Å². The second-order valence-electron chi connectivity index (χ2n) is 7.25. The zero-order chi connectivity index (χ0) is 19.8. The molecule has 2 aliphatic heterocycles. The van der Waals surface area contributed by atoms with E-state index in [0.717, 1.165) is 23.6 Å². The minimum Gasteiger partial charge on any atom is -0.333 e. The van der Waals surface area contributed by atoms with Gasteiger partial charge in [0, 0.05) is 39.2 Å². The third kappa shape index (κ3) is 3.78. The molecule has 0 aliphatic carbocycles. The Balaban J connectivity index is 1.92. The summed E-state index contributed by atoms with van der Waals surface area (Å²) >= 11 is 0. The summed E-state index contributed by atoms with van der Waals surface area (Å²) in [6.07, 6.45) is 3.18. The molecule has 0 spiro atoms. The first kappa shape index (κ1) is 20.0. The van der Waals surface area contributed by atoms with Gasteiger partial charge in [-0.2, -0.15) is 17.0 Å². The van der Waals surface area contributed by atoms with Crippen LogP contribution in [0.3, 0.4) is 0 Å². The first-order chi connectivity index (χ1) is 12.8. The fraction of sp³-hybridized carbons (Fsp3) is 0.706. The number of amides is 1. The van der Waals surface area contributed by atoms with Crippen LogP contribution in [0.1, 0.15) is 55.7 Å². The highest BCUT2D eigenvalue weighted by Crippen LogP contribution is 2.31. The highest BCUT2D eigenvalue weighted by molar-refractivity contribution is 7.86. The first-order valence-corrected chi connectivity index (χ1v) is 10.7. The maximum Gasteiger partial charge on any atom is 0.281 e. The van der Waals surface area contributed by atoms with E-state index in [1.165, 1.54) is 18.4 Å². The molecule has 0 radical (unpaired) electrons. The summed E-state index contributed by atoms with van der Waals surface area (Å²) < 4.78 is 27.3. The molecule has 1 unspecified atom stereocenters. The summed E-state index contributed by atoms with van der Waals surface area (Å²) in [4.78, 5) is 34.2. The van der Waals surface area contributed by atoms with Gasteiger partial charge < -0.3 is 9.88 Å². The number of aromatic nitrogens is 2. The Morgan fingerprint density at radius 3 is 2.74 bits per heavy atom. The van der Waals surface area contributed by atoms with Crippen LogP contribution in [0.25, 0.3) is 0 Å². The van der Waals surface area contributed by atoms with E-state index in [4.69, 9.17) is 0 Å². The normalized spacial score (nSPS) is 20.9. The third-order valence-electron chi connectivity index (χ3n) is 5.20. The van der Waals surface area contributed by atoms with Gasteiger partial charge in [0.15, 0.2) is 0 Å². The van der Waals surface area contributed by atoms with Crippen molar-refractivity contribution < 1.29 is 13.2 Å². The summed E-state index contributed by atoms with van der Waals surface area (Å²) in [5, 5.41) is 0. The Labute approximate surface area is 159 Å².